The van der Waals surface area contributed by atoms with Crippen molar-refractivity contribution in [3.8, 4) is 0 Å². The van der Waals surface area contributed by atoms with Crippen LogP contribution < -0.4 is 4.90 Å². The van der Waals surface area contributed by atoms with Crippen molar-refractivity contribution in [2.24, 2.45) is 0 Å². The summed E-state index contributed by atoms with van der Waals surface area (Å²) in [5, 5.41) is 10.9. The summed E-state index contributed by atoms with van der Waals surface area (Å²) in [6.45, 7) is 3.36. The topological polar surface area (TPSA) is 101 Å². The number of nitro groups is 1. The molecule has 0 unspecified atom stereocenters. The van der Waals surface area contributed by atoms with Crippen molar-refractivity contribution in [1.29, 1.82) is 0 Å². The van der Waals surface area contributed by atoms with Gasteiger partial charge < -0.3 is 4.90 Å². The van der Waals surface area contributed by atoms with Crippen LogP contribution in [0, 0.1) is 10.1 Å². The molecule has 0 fully saturated rings. The molecule has 1 heterocycles. The molecular formula is C19H15N3O5. The normalized spacial score (nSPS) is 12.7. The first kappa shape index (κ1) is 18.0. The van der Waals surface area contributed by atoms with Crippen molar-refractivity contribution >= 4 is 29.1 Å². The van der Waals surface area contributed by atoms with Crippen LogP contribution in [0.1, 0.15) is 20.7 Å². The lowest BCUT2D eigenvalue weighted by molar-refractivity contribution is -0.384. The van der Waals surface area contributed by atoms with Gasteiger partial charge in [-0.2, -0.15) is 0 Å². The molecule has 1 aliphatic rings. The Balaban J connectivity index is 1.85. The molecule has 0 saturated heterocycles. The predicted octanol–water partition coefficient (Wildman–Crippen LogP) is 2.41. The van der Waals surface area contributed by atoms with E-state index in [1.807, 2.05) is 0 Å². The zero-order valence-electron chi connectivity index (χ0n) is 14.2. The third kappa shape index (κ3) is 3.32. The Morgan fingerprint density at radius 2 is 1.78 bits per heavy atom. The molecule has 3 rings (SSSR count). The molecule has 0 aromatic heterocycles. The second-order valence-corrected chi connectivity index (χ2v) is 5.81. The minimum Gasteiger partial charge on any atom is -0.307 e. The fourth-order valence-electron chi connectivity index (χ4n) is 2.84. The van der Waals surface area contributed by atoms with E-state index in [2.05, 4.69) is 6.58 Å². The molecule has 2 aromatic carbocycles. The van der Waals surface area contributed by atoms with E-state index in [4.69, 9.17) is 0 Å². The maximum atomic E-state index is 12.7. The van der Waals surface area contributed by atoms with E-state index in [1.165, 1.54) is 17.0 Å². The standard InChI is InChI=1S/C19H15N3O5/c1-2-10-20(13-6-4-3-5-7-13)17(23)12-21-18(24)15-9-8-14(22(26)27)11-16(15)19(21)25/h2-9,11H,1,10,12H2. The second kappa shape index (κ2) is 7.20. The Hall–Kier alpha value is -3.81. The smallest absolute Gasteiger partial charge is 0.270 e. The largest absolute Gasteiger partial charge is 0.307 e. The Morgan fingerprint density at radius 3 is 2.41 bits per heavy atom. The van der Waals surface area contributed by atoms with Crippen molar-refractivity contribution in [2.75, 3.05) is 18.0 Å². The maximum Gasteiger partial charge on any atom is 0.270 e. The summed E-state index contributed by atoms with van der Waals surface area (Å²) >= 11 is 0. The molecule has 2 aromatic rings. The third-order valence-electron chi connectivity index (χ3n) is 4.14. The van der Waals surface area contributed by atoms with Gasteiger partial charge in [-0.25, -0.2) is 0 Å². The average Bonchev–Trinajstić information content (AvgIpc) is 2.91. The molecule has 0 bridgehead atoms. The van der Waals surface area contributed by atoms with Crippen molar-refractivity contribution in [1.82, 2.24) is 4.90 Å². The van der Waals surface area contributed by atoms with E-state index in [0.29, 0.717) is 5.69 Å². The van der Waals surface area contributed by atoms with Crippen LogP contribution in [0.25, 0.3) is 0 Å². The molecular weight excluding hydrogens is 350 g/mol. The number of benzene rings is 2. The zero-order chi connectivity index (χ0) is 19.6. The number of amides is 3. The van der Waals surface area contributed by atoms with Crippen LogP contribution in [0.4, 0.5) is 11.4 Å². The first-order valence-corrected chi connectivity index (χ1v) is 8.05. The van der Waals surface area contributed by atoms with Gasteiger partial charge in [-0.15, -0.1) is 6.58 Å². The Morgan fingerprint density at radius 1 is 1.11 bits per heavy atom. The van der Waals surface area contributed by atoms with Crippen LogP contribution in [0.15, 0.2) is 61.2 Å². The summed E-state index contributed by atoms with van der Waals surface area (Å²) < 4.78 is 0. The second-order valence-electron chi connectivity index (χ2n) is 5.81. The highest BCUT2D eigenvalue weighted by Gasteiger charge is 2.38. The summed E-state index contributed by atoms with van der Waals surface area (Å²) in [7, 11) is 0. The number of rotatable bonds is 6. The van der Waals surface area contributed by atoms with Gasteiger partial charge in [-0.05, 0) is 18.2 Å². The zero-order valence-corrected chi connectivity index (χ0v) is 14.2. The van der Waals surface area contributed by atoms with Crippen molar-refractivity contribution in [2.45, 2.75) is 0 Å². The van der Waals surface area contributed by atoms with Gasteiger partial charge in [-0.3, -0.25) is 29.4 Å². The number of carbonyl (C=O) groups excluding carboxylic acids is 3. The molecule has 1 aliphatic heterocycles. The predicted molar refractivity (Wildman–Crippen MR) is 97.5 cm³/mol. The minimum absolute atomic E-state index is 0.0494. The molecule has 0 N–H and O–H groups in total. The van der Waals surface area contributed by atoms with Gasteiger partial charge in [0.2, 0.25) is 5.91 Å². The maximum absolute atomic E-state index is 12.7. The molecule has 8 nitrogen and oxygen atoms in total. The third-order valence-corrected chi connectivity index (χ3v) is 4.14. The molecule has 0 saturated carbocycles. The lowest BCUT2D eigenvalue weighted by Gasteiger charge is -2.23. The Kier molecular flexibility index (Phi) is 4.80. The van der Waals surface area contributed by atoms with E-state index >= 15 is 0 Å². The SMILES string of the molecule is C=CCN(C(=O)CN1C(=O)c2ccc([N+](=O)[O-])cc2C1=O)c1ccccc1. The van der Waals surface area contributed by atoms with E-state index in [0.717, 1.165) is 17.0 Å². The summed E-state index contributed by atoms with van der Waals surface area (Å²) in [5.74, 6) is -1.84. The number of non-ortho nitro benzene ring substituents is 1. The number of nitrogens with zero attached hydrogens (tertiary/aromatic N) is 3. The minimum atomic E-state index is -0.723. The van der Waals surface area contributed by atoms with Crippen molar-refractivity contribution in [3.05, 3.63) is 82.4 Å². The van der Waals surface area contributed by atoms with Crippen LogP contribution in [-0.2, 0) is 4.79 Å². The number of hydrogen-bond donors (Lipinski definition) is 0. The monoisotopic (exact) mass is 365 g/mol. The highest BCUT2D eigenvalue weighted by Crippen LogP contribution is 2.27. The number of fused-ring (bicyclic) bond motifs is 1. The molecule has 8 heteroatoms. The quantitative estimate of drug-likeness (QED) is 0.339. The summed E-state index contributed by atoms with van der Waals surface area (Å²) in [6.07, 6.45) is 1.54. The van der Waals surface area contributed by atoms with E-state index in [-0.39, 0.29) is 23.4 Å². The van der Waals surface area contributed by atoms with Crippen LogP contribution in [-0.4, -0.2) is 40.6 Å². The molecule has 3 amide bonds. The van der Waals surface area contributed by atoms with Gasteiger partial charge in [0.1, 0.15) is 6.54 Å². The molecule has 136 valence electrons. The van der Waals surface area contributed by atoms with Gasteiger partial charge in [0.25, 0.3) is 17.5 Å². The molecule has 0 atom stereocenters. The summed E-state index contributed by atoms with van der Waals surface area (Å²) in [5.41, 5.74) is 0.292. The number of hydrogen-bond acceptors (Lipinski definition) is 5. The van der Waals surface area contributed by atoms with Gasteiger partial charge in [0, 0.05) is 24.4 Å². The van der Waals surface area contributed by atoms with Crippen molar-refractivity contribution in [3.63, 3.8) is 0 Å². The fourth-order valence-corrected chi connectivity index (χ4v) is 2.84. The lowest BCUT2D eigenvalue weighted by atomic mass is 10.1. The first-order chi connectivity index (χ1) is 12.9. The van der Waals surface area contributed by atoms with Crippen LogP contribution in [0.2, 0.25) is 0 Å². The van der Waals surface area contributed by atoms with Gasteiger partial charge in [-0.1, -0.05) is 24.3 Å². The van der Waals surface area contributed by atoms with Crippen LogP contribution in [0.3, 0.4) is 0 Å². The first-order valence-electron chi connectivity index (χ1n) is 8.05. The lowest BCUT2D eigenvalue weighted by Crippen LogP contribution is -2.43. The van der Waals surface area contributed by atoms with Crippen LogP contribution >= 0.6 is 0 Å². The number of nitro benzene ring substituents is 1. The number of anilines is 1. The van der Waals surface area contributed by atoms with Gasteiger partial charge in [0.05, 0.1) is 16.1 Å². The molecule has 0 spiro atoms. The van der Waals surface area contributed by atoms with Gasteiger partial charge in [0.15, 0.2) is 0 Å². The Labute approximate surface area is 154 Å². The Bertz CT molecular complexity index is 955. The van der Waals surface area contributed by atoms with Crippen molar-refractivity contribution < 1.29 is 19.3 Å². The van der Waals surface area contributed by atoms with E-state index in [1.54, 1.807) is 30.3 Å². The highest BCUT2D eigenvalue weighted by molar-refractivity contribution is 6.23. The highest BCUT2D eigenvalue weighted by atomic mass is 16.6. The molecule has 0 aliphatic carbocycles. The number of imide groups is 1. The van der Waals surface area contributed by atoms with Crippen LogP contribution in [0.5, 0.6) is 0 Å². The summed E-state index contributed by atoms with van der Waals surface area (Å²) in [4.78, 5) is 50.2. The summed E-state index contributed by atoms with van der Waals surface area (Å²) in [6, 6.07) is 12.2. The molecule has 0 radical (unpaired) electrons. The van der Waals surface area contributed by atoms with E-state index in [9.17, 15) is 24.5 Å². The van der Waals surface area contributed by atoms with E-state index < -0.39 is 29.2 Å². The molecule has 27 heavy (non-hydrogen) atoms. The van der Waals surface area contributed by atoms with Gasteiger partial charge >= 0.3 is 0 Å². The number of para-hydroxylation sites is 1. The number of carbonyl (C=O) groups is 3. The fraction of sp³-hybridized carbons (Fsp3) is 0.105. The average molecular weight is 365 g/mol.